The highest BCUT2D eigenvalue weighted by molar-refractivity contribution is 5.82. The van der Waals surface area contributed by atoms with Crippen molar-refractivity contribution in [2.75, 3.05) is 26.2 Å². The zero-order chi connectivity index (χ0) is 10.8. The molecule has 1 rings (SSSR count). The molecule has 1 N–H and O–H groups in total. The maximum absolute atomic E-state index is 11.4. The van der Waals surface area contributed by atoms with Crippen molar-refractivity contribution < 1.29 is 4.79 Å². The van der Waals surface area contributed by atoms with Crippen LogP contribution in [0.2, 0.25) is 0 Å². The summed E-state index contributed by atoms with van der Waals surface area (Å²) >= 11 is 0. The molecule has 0 spiro atoms. The van der Waals surface area contributed by atoms with Gasteiger partial charge >= 0.3 is 0 Å². The number of ketones is 1. The largest absolute Gasteiger partial charge is 0.309 e. The van der Waals surface area contributed by atoms with Crippen molar-refractivity contribution in [3.63, 3.8) is 0 Å². The first kappa shape index (κ1) is 11.7. The summed E-state index contributed by atoms with van der Waals surface area (Å²) in [5.74, 6) is 0.304. The fraction of sp³-hybridized carbons (Fsp3) is 0.909. The number of carbonyl (C=O) groups excluding carboxylic acids is 1. The van der Waals surface area contributed by atoms with Gasteiger partial charge in [-0.1, -0.05) is 20.8 Å². The van der Waals surface area contributed by atoms with Crippen LogP contribution >= 0.6 is 0 Å². The second-order valence-corrected chi connectivity index (χ2v) is 5.23. The molecule has 0 aromatic heterocycles. The fourth-order valence-corrected chi connectivity index (χ4v) is 1.69. The third-order valence-corrected chi connectivity index (χ3v) is 3.08. The number of hydrogen-bond donors (Lipinski definition) is 1. The van der Waals surface area contributed by atoms with Crippen LogP contribution in [-0.2, 0) is 4.79 Å². The monoisotopic (exact) mass is 198 g/mol. The van der Waals surface area contributed by atoms with Crippen LogP contribution in [-0.4, -0.2) is 42.9 Å². The van der Waals surface area contributed by atoms with Crippen molar-refractivity contribution in [1.82, 2.24) is 10.2 Å². The Morgan fingerprint density at radius 3 is 2.64 bits per heavy atom. The van der Waals surface area contributed by atoms with E-state index >= 15 is 0 Å². The molecule has 0 saturated carbocycles. The Kier molecular flexibility index (Phi) is 3.67. The molecule has 0 aromatic rings. The highest BCUT2D eigenvalue weighted by Gasteiger charge is 2.28. The van der Waals surface area contributed by atoms with Crippen molar-refractivity contribution >= 4 is 5.78 Å². The second-order valence-electron chi connectivity index (χ2n) is 5.23. The molecule has 82 valence electrons. The van der Waals surface area contributed by atoms with E-state index in [4.69, 9.17) is 0 Å². The molecule has 3 heteroatoms. The number of rotatable bonds is 1. The van der Waals surface area contributed by atoms with E-state index in [1.165, 1.54) is 0 Å². The van der Waals surface area contributed by atoms with Crippen LogP contribution in [0.25, 0.3) is 0 Å². The molecule has 3 nitrogen and oxygen atoms in total. The van der Waals surface area contributed by atoms with Crippen LogP contribution in [0.4, 0.5) is 0 Å². The minimum Gasteiger partial charge on any atom is -0.309 e. The van der Waals surface area contributed by atoms with E-state index < -0.39 is 0 Å². The van der Waals surface area contributed by atoms with E-state index in [1.54, 1.807) is 0 Å². The Labute approximate surface area is 86.9 Å². The molecule has 0 amide bonds. The summed E-state index contributed by atoms with van der Waals surface area (Å²) in [6, 6.07) is 0.450. The summed E-state index contributed by atoms with van der Waals surface area (Å²) in [6.07, 6.45) is 0. The van der Waals surface area contributed by atoms with Crippen LogP contribution in [0.15, 0.2) is 0 Å². The second kappa shape index (κ2) is 4.41. The molecule has 1 aliphatic heterocycles. The van der Waals surface area contributed by atoms with Gasteiger partial charge in [-0.2, -0.15) is 0 Å². The van der Waals surface area contributed by atoms with Gasteiger partial charge in [-0.3, -0.25) is 9.69 Å². The van der Waals surface area contributed by atoms with E-state index in [-0.39, 0.29) is 5.41 Å². The molecule has 0 radical (unpaired) electrons. The molecular weight excluding hydrogens is 176 g/mol. The smallest absolute Gasteiger partial charge is 0.160 e. The quantitative estimate of drug-likeness (QED) is 0.679. The first-order valence-corrected chi connectivity index (χ1v) is 5.38. The lowest BCUT2D eigenvalue weighted by atomic mass is 9.87. The van der Waals surface area contributed by atoms with E-state index in [9.17, 15) is 4.79 Å². The summed E-state index contributed by atoms with van der Waals surface area (Å²) in [7, 11) is 0. The summed E-state index contributed by atoms with van der Waals surface area (Å²) in [5, 5.41) is 3.14. The van der Waals surface area contributed by atoms with E-state index in [2.05, 4.69) is 37.9 Å². The average Bonchev–Trinajstić information content (AvgIpc) is 2.26. The molecule has 1 heterocycles. The van der Waals surface area contributed by atoms with Gasteiger partial charge in [-0.15, -0.1) is 0 Å². The predicted octanol–water partition coefficient (Wildman–Crippen LogP) is 0.895. The molecule has 0 bridgehead atoms. The van der Waals surface area contributed by atoms with Gasteiger partial charge in [0.15, 0.2) is 5.78 Å². The van der Waals surface area contributed by atoms with E-state index in [0.29, 0.717) is 24.9 Å². The summed E-state index contributed by atoms with van der Waals surface area (Å²) in [6.45, 7) is 11.9. The molecule has 1 aliphatic rings. The summed E-state index contributed by atoms with van der Waals surface area (Å²) < 4.78 is 0. The molecular formula is C11H22N2O. The Hall–Kier alpha value is -0.410. The maximum Gasteiger partial charge on any atom is 0.160 e. The van der Waals surface area contributed by atoms with Crippen LogP contribution in [0, 0.1) is 5.41 Å². The topological polar surface area (TPSA) is 32.3 Å². The number of Topliss-reactive ketones (excluding diaryl/α,β-unsaturated/α-hetero) is 1. The first-order valence-electron chi connectivity index (χ1n) is 5.38. The van der Waals surface area contributed by atoms with Crippen molar-refractivity contribution in [3.05, 3.63) is 0 Å². The third kappa shape index (κ3) is 3.07. The zero-order valence-corrected chi connectivity index (χ0v) is 9.76. The number of nitrogens with zero attached hydrogens (tertiary/aromatic N) is 1. The lowest BCUT2D eigenvalue weighted by Crippen LogP contribution is -2.44. The Morgan fingerprint density at radius 2 is 2.07 bits per heavy atom. The van der Waals surface area contributed by atoms with Crippen LogP contribution in [0.1, 0.15) is 27.7 Å². The van der Waals surface area contributed by atoms with Crippen LogP contribution < -0.4 is 5.32 Å². The normalized spacial score (nSPS) is 23.3. The highest BCUT2D eigenvalue weighted by Crippen LogP contribution is 2.23. The Balaban J connectivity index is 2.61. The van der Waals surface area contributed by atoms with E-state index in [0.717, 1.165) is 13.1 Å². The minimum absolute atomic E-state index is 0.241. The van der Waals surface area contributed by atoms with Crippen LogP contribution in [0.5, 0.6) is 0 Å². The van der Waals surface area contributed by atoms with Crippen molar-refractivity contribution in [1.29, 1.82) is 0 Å². The lowest BCUT2D eigenvalue weighted by molar-refractivity contribution is -0.119. The highest BCUT2D eigenvalue weighted by atomic mass is 16.1. The minimum atomic E-state index is 0.241. The molecule has 1 fully saturated rings. The van der Waals surface area contributed by atoms with Gasteiger partial charge in [0.2, 0.25) is 0 Å². The van der Waals surface area contributed by atoms with Gasteiger partial charge in [0, 0.05) is 19.1 Å². The number of hydrogen-bond acceptors (Lipinski definition) is 3. The first-order chi connectivity index (χ1) is 6.41. The number of carbonyl (C=O) groups is 1. The van der Waals surface area contributed by atoms with Crippen LogP contribution in [0.3, 0.4) is 0 Å². The van der Waals surface area contributed by atoms with Gasteiger partial charge < -0.3 is 5.32 Å². The van der Waals surface area contributed by atoms with Gasteiger partial charge in [-0.25, -0.2) is 0 Å². The van der Waals surface area contributed by atoms with Gasteiger partial charge in [-0.05, 0) is 12.3 Å². The van der Waals surface area contributed by atoms with Crippen molar-refractivity contribution in [3.8, 4) is 0 Å². The third-order valence-electron chi connectivity index (χ3n) is 3.08. The molecule has 0 aromatic carbocycles. The summed E-state index contributed by atoms with van der Waals surface area (Å²) in [4.78, 5) is 13.7. The molecule has 1 atom stereocenters. The molecule has 14 heavy (non-hydrogen) atoms. The molecule has 0 aliphatic carbocycles. The Bertz CT molecular complexity index is 208. The van der Waals surface area contributed by atoms with Gasteiger partial charge in [0.1, 0.15) is 0 Å². The number of nitrogens with one attached hydrogen (secondary N) is 1. The maximum atomic E-state index is 11.4. The van der Waals surface area contributed by atoms with E-state index in [1.807, 2.05) is 0 Å². The van der Waals surface area contributed by atoms with Gasteiger partial charge in [0.25, 0.3) is 0 Å². The average molecular weight is 198 g/mol. The Morgan fingerprint density at radius 1 is 1.43 bits per heavy atom. The van der Waals surface area contributed by atoms with Crippen molar-refractivity contribution in [2.24, 2.45) is 5.41 Å². The molecule has 1 saturated heterocycles. The predicted molar refractivity (Wildman–Crippen MR) is 58.4 cm³/mol. The SMILES string of the molecule is C[C@H](N1CCNCC(=O)C1)C(C)(C)C. The zero-order valence-electron chi connectivity index (χ0n) is 9.76. The summed E-state index contributed by atoms with van der Waals surface area (Å²) in [5.41, 5.74) is 0.241. The van der Waals surface area contributed by atoms with Gasteiger partial charge in [0.05, 0.1) is 13.1 Å². The fourth-order valence-electron chi connectivity index (χ4n) is 1.69. The lowest BCUT2D eigenvalue weighted by Gasteiger charge is -2.36. The standard InChI is InChI=1S/C11H22N2O/c1-9(11(2,3)4)13-6-5-12-7-10(14)8-13/h9,12H,5-8H2,1-4H3/t9-/m0/s1. The van der Waals surface area contributed by atoms with Crippen molar-refractivity contribution in [2.45, 2.75) is 33.7 Å². The molecule has 0 unspecified atom stereocenters.